The van der Waals surface area contributed by atoms with Crippen molar-refractivity contribution in [2.75, 3.05) is 6.61 Å². The van der Waals surface area contributed by atoms with Crippen molar-refractivity contribution in [3.8, 4) is 5.75 Å². The molecule has 1 aromatic carbocycles. The predicted octanol–water partition coefficient (Wildman–Crippen LogP) is 5.00. The fourth-order valence-electron chi connectivity index (χ4n) is 3.48. The Bertz CT molecular complexity index is 1080. The van der Waals surface area contributed by atoms with Crippen molar-refractivity contribution in [3.05, 3.63) is 81.9 Å². The minimum absolute atomic E-state index is 0.0786. The van der Waals surface area contributed by atoms with Gasteiger partial charge in [-0.25, -0.2) is 0 Å². The van der Waals surface area contributed by atoms with Gasteiger partial charge in [0.05, 0.1) is 25.0 Å². The number of nitrogens with zero attached hydrogens (tertiary/aromatic N) is 1. The molecule has 4 rings (SSSR count). The topological polar surface area (TPSA) is 80.0 Å². The van der Waals surface area contributed by atoms with Crippen LogP contribution in [0, 0.1) is 5.92 Å². The number of likely N-dealkylation sites (tertiary alicyclic amines) is 1. The Morgan fingerprint density at radius 2 is 1.94 bits per heavy atom. The van der Waals surface area contributed by atoms with Gasteiger partial charge >= 0.3 is 0 Å². The number of rotatable bonds is 7. The zero-order valence-corrected chi connectivity index (χ0v) is 18.1. The van der Waals surface area contributed by atoms with E-state index in [1.54, 1.807) is 36.4 Å². The maximum Gasteiger partial charge on any atom is 0.296 e. The number of aliphatic hydroxyl groups is 1. The highest BCUT2D eigenvalue weighted by molar-refractivity contribution is 7.10. The molecular formula is C24H23NO5S. The van der Waals surface area contributed by atoms with Crippen molar-refractivity contribution in [1.29, 1.82) is 0 Å². The van der Waals surface area contributed by atoms with E-state index in [1.165, 1.54) is 22.5 Å². The average molecular weight is 438 g/mol. The van der Waals surface area contributed by atoms with Gasteiger partial charge in [0.15, 0.2) is 0 Å². The van der Waals surface area contributed by atoms with Crippen molar-refractivity contribution in [1.82, 2.24) is 4.90 Å². The Hall–Kier alpha value is -3.32. The molecule has 0 bridgehead atoms. The highest BCUT2D eigenvalue weighted by atomic mass is 32.1. The summed E-state index contributed by atoms with van der Waals surface area (Å²) in [7, 11) is 0. The molecule has 0 radical (unpaired) electrons. The molecule has 1 saturated heterocycles. The predicted molar refractivity (Wildman–Crippen MR) is 118 cm³/mol. The third-order valence-corrected chi connectivity index (χ3v) is 5.89. The molecule has 2 aromatic heterocycles. The summed E-state index contributed by atoms with van der Waals surface area (Å²) in [5.74, 6) is 0.0716. The first-order valence-electron chi connectivity index (χ1n) is 10.0. The number of ether oxygens (including phenoxy) is 1. The van der Waals surface area contributed by atoms with Crippen molar-refractivity contribution in [3.63, 3.8) is 0 Å². The Morgan fingerprint density at radius 3 is 2.55 bits per heavy atom. The second kappa shape index (κ2) is 8.81. The number of aliphatic hydroxyl groups excluding tert-OH is 1. The van der Waals surface area contributed by atoms with E-state index < -0.39 is 17.7 Å². The van der Waals surface area contributed by atoms with E-state index in [1.807, 2.05) is 17.5 Å². The number of Topliss-reactive ketones (excluding diaryl/α,β-unsaturated/α-hetero) is 1. The van der Waals surface area contributed by atoms with Gasteiger partial charge in [-0.15, -0.1) is 11.3 Å². The third kappa shape index (κ3) is 4.27. The van der Waals surface area contributed by atoms with E-state index in [2.05, 4.69) is 13.8 Å². The molecule has 1 aliphatic rings. The van der Waals surface area contributed by atoms with Crippen LogP contribution < -0.4 is 4.74 Å². The molecule has 1 amide bonds. The van der Waals surface area contributed by atoms with Crippen LogP contribution in [0.4, 0.5) is 0 Å². The molecule has 1 unspecified atom stereocenters. The lowest BCUT2D eigenvalue weighted by Gasteiger charge is -2.23. The largest absolute Gasteiger partial charge is 0.507 e. The first-order chi connectivity index (χ1) is 15.0. The Labute approximate surface area is 184 Å². The van der Waals surface area contributed by atoms with Crippen LogP contribution in [0.2, 0.25) is 0 Å². The van der Waals surface area contributed by atoms with Crippen LogP contribution in [0.3, 0.4) is 0 Å². The standard InChI is InChI=1S/C24H23NO5S/c1-15(2)14-30-17-9-7-16(8-10-17)22(26)20-21(19-6-4-12-31-19)25(24(28)23(20)27)13-18-5-3-11-29-18/h3-12,15,21,26H,13-14H2,1-2H3/b22-20-. The smallest absolute Gasteiger partial charge is 0.296 e. The fraction of sp³-hybridized carbons (Fsp3) is 0.250. The molecule has 0 aliphatic carbocycles. The number of hydrogen-bond acceptors (Lipinski definition) is 6. The van der Waals surface area contributed by atoms with Crippen molar-refractivity contribution in [2.24, 2.45) is 5.92 Å². The van der Waals surface area contributed by atoms with Gasteiger partial charge in [-0.1, -0.05) is 19.9 Å². The summed E-state index contributed by atoms with van der Waals surface area (Å²) in [6, 6.07) is 13.4. The summed E-state index contributed by atoms with van der Waals surface area (Å²) in [6.45, 7) is 4.85. The molecule has 1 fully saturated rings. The molecule has 160 valence electrons. The summed E-state index contributed by atoms with van der Waals surface area (Å²) in [6.07, 6.45) is 1.52. The number of benzene rings is 1. The van der Waals surface area contributed by atoms with Crippen LogP contribution in [-0.4, -0.2) is 28.3 Å². The number of hydrogen-bond donors (Lipinski definition) is 1. The second-order valence-electron chi connectivity index (χ2n) is 7.75. The molecule has 3 aromatic rings. The molecule has 3 heterocycles. The summed E-state index contributed by atoms with van der Waals surface area (Å²) in [5, 5.41) is 12.9. The molecular weight excluding hydrogens is 414 g/mol. The van der Waals surface area contributed by atoms with Crippen LogP contribution in [0.25, 0.3) is 5.76 Å². The molecule has 1 aliphatic heterocycles. The lowest BCUT2D eigenvalue weighted by atomic mass is 10.00. The van der Waals surface area contributed by atoms with E-state index in [9.17, 15) is 14.7 Å². The van der Waals surface area contributed by atoms with Crippen molar-refractivity contribution >= 4 is 28.8 Å². The third-order valence-electron chi connectivity index (χ3n) is 4.97. The van der Waals surface area contributed by atoms with Crippen LogP contribution in [0.1, 0.15) is 36.1 Å². The Balaban J connectivity index is 1.71. The van der Waals surface area contributed by atoms with E-state index in [4.69, 9.17) is 9.15 Å². The lowest BCUT2D eigenvalue weighted by molar-refractivity contribution is -0.140. The number of furan rings is 1. The van der Waals surface area contributed by atoms with E-state index in [0.29, 0.717) is 29.6 Å². The van der Waals surface area contributed by atoms with Gasteiger partial charge in [-0.3, -0.25) is 9.59 Å². The normalized spacial score (nSPS) is 18.2. The molecule has 7 heteroatoms. The second-order valence-corrected chi connectivity index (χ2v) is 8.73. The number of ketones is 1. The number of amides is 1. The van der Waals surface area contributed by atoms with Gasteiger partial charge < -0.3 is 19.2 Å². The van der Waals surface area contributed by atoms with Crippen molar-refractivity contribution in [2.45, 2.75) is 26.4 Å². The van der Waals surface area contributed by atoms with Gasteiger partial charge in [0.1, 0.15) is 23.3 Å². The molecule has 1 N–H and O–H groups in total. The first kappa shape index (κ1) is 20.9. The van der Waals surface area contributed by atoms with E-state index in [-0.39, 0.29) is 17.9 Å². The fourth-order valence-corrected chi connectivity index (χ4v) is 4.33. The first-order valence-corrected chi connectivity index (χ1v) is 10.9. The maximum atomic E-state index is 12.9. The minimum Gasteiger partial charge on any atom is -0.507 e. The zero-order chi connectivity index (χ0) is 22.0. The van der Waals surface area contributed by atoms with Gasteiger partial charge in [0, 0.05) is 10.4 Å². The van der Waals surface area contributed by atoms with Gasteiger partial charge in [0.25, 0.3) is 11.7 Å². The Kier molecular flexibility index (Phi) is 5.95. The van der Waals surface area contributed by atoms with Crippen LogP contribution >= 0.6 is 11.3 Å². The van der Waals surface area contributed by atoms with Gasteiger partial charge in [0.2, 0.25) is 0 Å². The molecule has 31 heavy (non-hydrogen) atoms. The van der Waals surface area contributed by atoms with Gasteiger partial charge in [-0.2, -0.15) is 0 Å². The summed E-state index contributed by atoms with van der Waals surface area (Å²) in [4.78, 5) is 28.0. The minimum atomic E-state index is -0.706. The van der Waals surface area contributed by atoms with E-state index in [0.717, 1.165) is 4.88 Å². The Morgan fingerprint density at radius 1 is 1.16 bits per heavy atom. The maximum absolute atomic E-state index is 12.9. The van der Waals surface area contributed by atoms with Crippen LogP contribution in [0.5, 0.6) is 5.75 Å². The quantitative estimate of drug-likeness (QED) is 0.320. The number of carbonyl (C=O) groups excluding carboxylic acids is 2. The molecule has 0 saturated carbocycles. The summed E-state index contributed by atoms with van der Waals surface area (Å²) < 4.78 is 11.1. The van der Waals surface area contributed by atoms with Gasteiger partial charge in [-0.05, 0) is 53.8 Å². The SMILES string of the molecule is CC(C)COc1ccc(/C(O)=C2/C(=O)C(=O)N(Cc3ccco3)C2c2cccs2)cc1. The molecule has 0 spiro atoms. The monoisotopic (exact) mass is 437 g/mol. The molecule has 1 atom stereocenters. The number of thiophene rings is 1. The zero-order valence-electron chi connectivity index (χ0n) is 17.3. The highest BCUT2D eigenvalue weighted by Crippen LogP contribution is 2.42. The lowest BCUT2D eigenvalue weighted by Crippen LogP contribution is -2.28. The number of carbonyl (C=O) groups is 2. The highest BCUT2D eigenvalue weighted by Gasteiger charge is 2.46. The van der Waals surface area contributed by atoms with Crippen LogP contribution in [-0.2, 0) is 16.1 Å². The summed E-state index contributed by atoms with van der Waals surface area (Å²) in [5.41, 5.74) is 0.532. The summed E-state index contributed by atoms with van der Waals surface area (Å²) >= 11 is 1.43. The average Bonchev–Trinajstić information content (AvgIpc) is 3.51. The molecule has 6 nitrogen and oxygen atoms in total. The van der Waals surface area contributed by atoms with Crippen molar-refractivity contribution < 1.29 is 23.8 Å². The van der Waals surface area contributed by atoms with Crippen LogP contribution in [0.15, 0.2) is 70.2 Å². The van der Waals surface area contributed by atoms with E-state index >= 15 is 0 Å².